The van der Waals surface area contributed by atoms with Crippen LogP contribution in [0.3, 0.4) is 0 Å². The molecule has 0 spiro atoms. The summed E-state index contributed by atoms with van der Waals surface area (Å²) >= 11 is 1.88. The molecule has 0 saturated carbocycles. The van der Waals surface area contributed by atoms with Crippen molar-refractivity contribution in [2.75, 3.05) is 23.3 Å². The highest BCUT2D eigenvalue weighted by atomic mass is 32.2. The van der Waals surface area contributed by atoms with Crippen molar-refractivity contribution in [1.82, 2.24) is 0 Å². The molecule has 0 fully saturated rings. The second-order valence-corrected chi connectivity index (χ2v) is 7.68. The van der Waals surface area contributed by atoms with Gasteiger partial charge in [-0.2, -0.15) is 0 Å². The number of hydrogen-bond acceptors (Lipinski definition) is 3. The summed E-state index contributed by atoms with van der Waals surface area (Å²) in [5.74, 6) is 0.0314. The number of aryl methyl sites for hydroxylation is 2. The third-order valence-electron chi connectivity index (χ3n) is 3.85. The molecule has 1 atom stereocenters. The van der Waals surface area contributed by atoms with Gasteiger partial charge in [-0.1, -0.05) is 25.1 Å². The zero-order valence-electron chi connectivity index (χ0n) is 13.8. The minimum atomic E-state index is 0.0314. The van der Waals surface area contributed by atoms with Gasteiger partial charge in [-0.05, 0) is 49.2 Å². The lowest BCUT2D eigenvalue weighted by molar-refractivity contribution is -0.115. The van der Waals surface area contributed by atoms with Crippen molar-refractivity contribution in [2.24, 2.45) is 0 Å². The first-order valence-corrected chi connectivity index (χ1v) is 8.78. The van der Waals surface area contributed by atoms with Crippen LogP contribution in [0.5, 0.6) is 0 Å². The van der Waals surface area contributed by atoms with Gasteiger partial charge in [-0.3, -0.25) is 4.79 Å². The van der Waals surface area contributed by atoms with Gasteiger partial charge >= 0.3 is 0 Å². The zero-order chi connectivity index (χ0) is 16.4. The van der Waals surface area contributed by atoms with E-state index in [-0.39, 0.29) is 5.91 Å². The van der Waals surface area contributed by atoms with Crippen LogP contribution in [0.4, 0.5) is 11.4 Å². The van der Waals surface area contributed by atoms with Crippen LogP contribution >= 0.6 is 11.8 Å². The molecule has 1 aliphatic rings. The molecular weight excluding hydrogens is 304 g/mol. The predicted octanol–water partition coefficient (Wildman–Crippen LogP) is 4.24. The van der Waals surface area contributed by atoms with Crippen LogP contribution in [0.15, 0.2) is 47.4 Å². The Bertz CT molecular complexity index is 709. The van der Waals surface area contributed by atoms with Gasteiger partial charge < -0.3 is 10.2 Å². The molecule has 2 aromatic carbocycles. The van der Waals surface area contributed by atoms with Crippen molar-refractivity contribution >= 4 is 29.0 Å². The second-order valence-electron chi connectivity index (χ2n) is 6.20. The molecule has 1 N–H and O–H groups in total. The van der Waals surface area contributed by atoms with Crippen LogP contribution in [0.2, 0.25) is 0 Å². The van der Waals surface area contributed by atoms with Crippen LogP contribution in [0, 0.1) is 13.8 Å². The number of para-hydroxylation sites is 1. The highest BCUT2D eigenvalue weighted by Gasteiger charge is 2.23. The third-order valence-corrected chi connectivity index (χ3v) is 5.00. The highest BCUT2D eigenvalue weighted by molar-refractivity contribution is 8.00. The Balaban J connectivity index is 1.73. The minimum Gasteiger partial charge on any atom is -0.360 e. The Hall–Kier alpha value is -1.94. The number of rotatable bonds is 3. The molecule has 3 rings (SSSR count). The summed E-state index contributed by atoms with van der Waals surface area (Å²) in [5, 5.41) is 3.51. The van der Waals surface area contributed by atoms with Gasteiger partial charge in [0, 0.05) is 22.4 Å². The first-order chi connectivity index (χ1) is 11.0. The zero-order valence-corrected chi connectivity index (χ0v) is 14.6. The largest absolute Gasteiger partial charge is 0.360 e. The fraction of sp³-hybridized carbons (Fsp3) is 0.316. The van der Waals surface area contributed by atoms with E-state index in [1.165, 1.54) is 4.90 Å². The maximum Gasteiger partial charge on any atom is 0.243 e. The molecule has 4 heteroatoms. The lowest BCUT2D eigenvalue weighted by atomic mass is 10.1. The second kappa shape index (κ2) is 6.67. The van der Waals surface area contributed by atoms with E-state index in [0.29, 0.717) is 11.8 Å². The molecule has 3 nitrogen and oxygen atoms in total. The van der Waals surface area contributed by atoms with E-state index in [1.54, 1.807) is 0 Å². The summed E-state index contributed by atoms with van der Waals surface area (Å²) in [6.07, 6.45) is 0. The minimum absolute atomic E-state index is 0.0314. The lowest BCUT2D eigenvalue weighted by Gasteiger charge is -2.33. The monoisotopic (exact) mass is 326 g/mol. The Kier molecular flexibility index (Phi) is 4.62. The van der Waals surface area contributed by atoms with Gasteiger partial charge in [0.1, 0.15) is 0 Å². The summed E-state index contributed by atoms with van der Waals surface area (Å²) < 4.78 is 0. The molecule has 1 aliphatic heterocycles. The van der Waals surface area contributed by atoms with Crippen LogP contribution in [0.25, 0.3) is 0 Å². The van der Waals surface area contributed by atoms with Gasteiger partial charge in [0.2, 0.25) is 5.91 Å². The molecule has 0 aliphatic carbocycles. The number of fused-ring (bicyclic) bond motifs is 1. The average molecular weight is 326 g/mol. The number of benzene rings is 2. The van der Waals surface area contributed by atoms with E-state index < -0.39 is 0 Å². The van der Waals surface area contributed by atoms with Crippen molar-refractivity contribution in [3.05, 3.63) is 53.6 Å². The standard InChI is InChI=1S/C19H22N2OS/c1-13-8-14(2)10-16(9-13)20-19(22)12-21-11-15(3)23-18-7-5-4-6-17(18)21/h4-10,15H,11-12H2,1-3H3,(H,20,22). The number of thioether (sulfide) groups is 1. The number of anilines is 2. The molecule has 1 amide bonds. The topological polar surface area (TPSA) is 32.3 Å². The van der Waals surface area contributed by atoms with Gasteiger partial charge in [0.25, 0.3) is 0 Å². The van der Waals surface area contributed by atoms with E-state index in [1.807, 2.05) is 43.8 Å². The Labute approximate surface area is 142 Å². The molecule has 0 bridgehead atoms. The number of hydrogen-bond donors (Lipinski definition) is 1. The quantitative estimate of drug-likeness (QED) is 0.915. The third kappa shape index (κ3) is 3.88. The maximum absolute atomic E-state index is 12.5. The molecule has 23 heavy (non-hydrogen) atoms. The summed E-state index contributed by atoms with van der Waals surface area (Å²) in [7, 11) is 0. The van der Waals surface area contributed by atoms with E-state index in [2.05, 4.69) is 41.4 Å². The predicted molar refractivity (Wildman–Crippen MR) is 98.5 cm³/mol. The molecule has 120 valence electrons. The van der Waals surface area contributed by atoms with E-state index in [9.17, 15) is 4.79 Å². The van der Waals surface area contributed by atoms with Crippen LogP contribution in [-0.4, -0.2) is 24.2 Å². The maximum atomic E-state index is 12.5. The SMILES string of the molecule is Cc1cc(C)cc(NC(=O)CN2CC(C)Sc3ccccc32)c1. The summed E-state index contributed by atoms with van der Waals surface area (Å²) in [6, 6.07) is 14.4. The highest BCUT2D eigenvalue weighted by Crippen LogP contribution is 2.37. The van der Waals surface area contributed by atoms with Crippen LogP contribution in [0.1, 0.15) is 18.1 Å². The molecule has 1 unspecified atom stereocenters. The van der Waals surface area contributed by atoms with Crippen molar-refractivity contribution in [2.45, 2.75) is 30.9 Å². The number of amides is 1. The van der Waals surface area contributed by atoms with Gasteiger partial charge in [0.05, 0.1) is 12.2 Å². The molecule has 2 aromatic rings. The molecule has 1 heterocycles. The molecule has 0 radical (unpaired) electrons. The van der Waals surface area contributed by atoms with E-state index >= 15 is 0 Å². The van der Waals surface area contributed by atoms with E-state index in [4.69, 9.17) is 0 Å². The van der Waals surface area contributed by atoms with Crippen molar-refractivity contribution in [3.63, 3.8) is 0 Å². The Morgan fingerprint density at radius 3 is 2.65 bits per heavy atom. The fourth-order valence-corrected chi connectivity index (χ4v) is 4.21. The normalized spacial score (nSPS) is 16.8. The average Bonchev–Trinajstić information content (AvgIpc) is 2.45. The van der Waals surface area contributed by atoms with Crippen LogP contribution in [-0.2, 0) is 4.79 Å². The van der Waals surface area contributed by atoms with Crippen LogP contribution < -0.4 is 10.2 Å². The number of carbonyl (C=O) groups is 1. The van der Waals surface area contributed by atoms with Crippen molar-refractivity contribution in [1.29, 1.82) is 0 Å². The first kappa shape index (κ1) is 15.9. The molecule has 0 saturated heterocycles. The Morgan fingerprint density at radius 2 is 1.91 bits per heavy atom. The molecular formula is C19H22N2OS. The Morgan fingerprint density at radius 1 is 1.22 bits per heavy atom. The smallest absolute Gasteiger partial charge is 0.243 e. The number of nitrogens with zero attached hydrogens (tertiary/aromatic N) is 1. The number of carbonyl (C=O) groups excluding carboxylic acids is 1. The summed E-state index contributed by atoms with van der Waals surface area (Å²) in [6.45, 7) is 7.57. The van der Waals surface area contributed by atoms with E-state index in [0.717, 1.165) is 29.0 Å². The fourth-order valence-electron chi connectivity index (χ4n) is 3.05. The van der Waals surface area contributed by atoms with Gasteiger partial charge in [-0.15, -0.1) is 11.8 Å². The van der Waals surface area contributed by atoms with Crippen molar-refractivity contribution in [3.8, 4) is 0 Å². The number of nitrogens with one attached hydrogen (secondary N) is 1. The first-order valence-electron chi connectivity index (χ1n) is 7.90. The van der Waals surface area contributed by atoms with Gasteiger partial charge in [-0.25, -0.2) is 0 Å². The lowest BCUT2D eigenvalue weighted by Crippen LogP contribution is -2.39. The molecule has 0 aromatic heterocycles. The van der Waals surface area contributed by atoms with Crippen molar-refractivity contribution < 1.29 is 4.79 Å². The van der Waals surface area contributed by atoms with Gasteiger partial charge in [0.15, 0.2) is 0 Å². The summed E-state index contributed by atoms with van der Waals surface area (Å²) in [4.78, 5) is 15.9. The summed E-state index contributed by atoms with van der Waals surface area (Å²) in [5.41, 5.74) is 4.36.